The minimum Gasteiger partial charge on any atom is -0.313 e. The van der Waals surface area contributed by atoms with Gasteiger partial charge in [0.25, 0.3) is 0 Å². The van der Waals surface area contributed by atoms with Crippen molar-refractivity contribution in [3.05, 3.63) is 89.0 Å². The summed E-state index contributed by atoms with van der Waals surface area (Å²) in [6.07, 6.45) is 3.24. The van der Waals surface area contributed by atoms with Gasteiger partial charge in [-0.1, -0.05) is 42.5 Å². The molecule has 0 aliphatic heterocycles. The monoisotopic (exact) mass is 420 g/mol. The zero-order chi connectivity index (χ0) is 21.1. The zero-order valence-corrected chi connectivity index (χ0v) is 18.3. The van der Waals surface area contributed by atoms with Crippen LogP contribution in [0.25, 0.3) is 5.69 Å². The largest absolute Gasteiger partial charge is 0.313 e. The number of nitrogens with zero attached hydrogens (tertiary/aromatic N) is 6. The molecular formula is C22H26N7S+. The highest BCUT2D eigenvalue weighted by atomic mass is 32.1. The summed E-state index contributed by atoms with van der Waals surface area (Å²) in [5.74, 6) is 0.932. The lowest BCUT2D eigenvalue weighted by atomic mass is 10.1. The molecular weight excluding hydrogens is 394 g/mol. The van der Waals surface area contributed by atoms with Crippen LogP contribution >= 0.6 is 12.2 Å². The molecule has 4 aromatic rings. The van der Waals surface area contributed by atoms with Gasteiger partial charge in [0.1, 0.15) is 24.5 Å². The molecule has 0 bridgehead atoms. The maximum absolute atomic E-state index is 5.73. The Hall–Kier alpha value is -3.10. The molecule has 0 aliphatic rings. The molecule has 0 radical (unpaired) electrons. The molecule has 30 heavy (non-hydrogen) atoms. The van der Waals surface area contributed by atoms with Crippen molar-refractivity contribution in [2.75, 3.05) is 7.05 Å². The van der Waals surface area contributed by atoms with Gasteiger partial charge in [-0.25, -0.2) is 9.67 Å². The van der Waals surface area contributed by atoms with Crippen LogP contribution in [0.4, 0.5) is 0 Å². The summed E-state index contributed by atoms with van der Waals surface area (Å²) in [7, 11) is 2.17. The van der Waals surface area contributed by atoms with E-state index in [0.717, 1.165) is 22.8 Å². The lowest BCUT2D eigenvalue weighted by Crippen LogP contribution is -3.08. The summed E-state index contributed by atoms with van der Waals surface area (Å²) >= 11 is 5.73. The van der Waals surface area contributed by atoms with E-state index in [0.29, 0.717) is 6.67 Å². The predicted molar refractivity (Wildman–Crippen MR) is 118 cm³/mol. The minimum absolute atomic E-state index is 0.288. The van der Waals surface area contributed by atoms with Crippen molar-refractivity contribution >= 4 is 12.2 Å². The van der Waals surface area contributed by atoms with E-state index in [1.54, 1.807) is 11.0 Å². The SMILES string of the molecule is Cc1nn(C[NH+](C)[C@@H](C)c2ccc(-n3cncn3)cc2)c(=S)n1Cc1ccccc1. The predicted octanol–water partition coefficient (Wildman–Crippen LogP) is 2.58. The summed E-state index contributed by atoms with van der Waals surface area (Å²) < 4.78 is 6.54. The molecule has 0 saturated heterocycles. The molecule has 7 nitrogen and oxygen atoms in total. The standard InChI is InChI=1S/C22H25N7S/c1-17(20-9-11-21(12-10-20)28-15-23-14-24-28)26(3)16-29-22(30)27(18(2)25-29)13-19-7-5-4-6-8-19/h4-12,14-15,17H,13,16H2,1-3H3/p+1/t17-/m0/s1. The van der Waals surface area contributed by atoms with E-state index in [9.17, 15) is 0 Å². The number of hydrogen-bond donors (Lipinski definition) is 1. The third-order valence-corrected chi connectivity index (χ3v) is 5.94. The molecule has 2 atom stereocenters. The normalized spacial score (nSPS) is 13.3. The van der Waals surface area contributed by atoms with E-state index in [-0.39, 0.29) is 6.04 Å². The highest BCUT2D eigenvalue weighted by molar-refractivity contribution is 7.71. The lowest BCUT2D eigenvalue weighted by Gasteiger charge is -2.22. The van der Waals surface area contributed by atoms with Crippen molar-refractivity contribution in [3.8, 4) is 5.69 Å². The smallest absolute Gasteiger partial charge is 0.203 e. The van der Waals surface area contributed by atoms with Gasteiger partial charge in [-0.2, -0.15) is 14.9 Å². The Labute approximate surface area is 181 Å². The number of benzene rings is 2. The second-order valence-corrected chi connectivity index (χ2v) is 7.92. The molecule has 1 N–H and O–H groups in total. The molecule has 2 aromatic heterocycles. The third kappa shape index (κ3) is 4.24. The molecule has 2 aromatic carbocycles. The van der Waals surface area contributed by atoms with E-state index in [2.05, 4.69) is 65.0 Å². The van der Waals surface area contributed by atoms with Crippen LogP contribution in [0.2, 0.25) is 0 Å². The Balaban J connectivity index is 1.47. The quantitative estimate of drug-likeness (QED) is 0.467. The maximum atomic E-state index is 5.73. The van der Waals surface area contributed by atoms with Crippen LogP contribution < -0.4 is 4.90 Å². The molecule has 8 heteroatoms. The van der Waals surface area contributed by atoms with Crippen molar-refractivity contribution in [1.82, 2.24) is 29.1 Å². The number of rotatable bonds is 7. The van der Waals surface area contributed by atoms with E-state index < -0.39 is 0 Å². The van der Waals surface area contributed by atoms with Gasteiger partial charge < -0.3 is 4.90 Å². The fraction of sp³-hybridized carbons (Fsp3) is 0.273. The van der Waals surface area contributed by atoms with Crippen LogP contribution in [-0.4, -0.2) is 36.2 Å². The average Bonchev–Trinajstić information content (AvgIpc) is 3.39. The zero-order valence-electron chi connectivity index (χ0n) is 17.4. The molecule has 1 unspecified atom stereocenters. The molecule has 2 heterocycles. The molecule has 154 valence electrons. The number of quaternary nitrogens is 1. The number of aromatic nitrogens is 6. The first-order chi connectivity index (χ1) is 14.5. The Morgan fingerprint density at radius 2 is 1.80 bits per heavy atom. The van der Waals surface area contributed by atoms with E-state index >= 15 is 0 Å². The summed E-state index contributed by atoms with van der Waals surface area (Å²) in [5, 5.41) is 8.88. The summed E-state index contributed by atoms with van der Waals surface area (Å²) in [6.45, 7) is 5.67. The highest BCUT2D eigenvalue weighted by Gasteiger charge is 2.18. The highest BCUT2D eigenvalue weighted by Crippen LogP contribution is 2.13. The fourth-order valence-corrected chi connectivity index (χ4v) is 3.82. The first kappa shape index (κ1) is 20.2. The van der Waals surface area contributed by atoms with Gasteiger partial charge in [0.05, 0.1) is 19.3 Å². The van der Waals surface area contributed by atoms with Gasteiger partial charge in [0.2, 0.25) is 4.77 Å². The van der Waals surface area contributed by atoms with Crippen LogP contribution in [0, 0.1) is 11.7 Å². The third-order valence-electron chi connectivity index (χ3n) is 5.51. The van der Waals surface area contributed by atoms with Crippen LogP contribution in [-0.2, 0) is 13.2 Å². The van der Waals surface area contributed by atoms with Gasteiger partial charge in [0, 0.05) is 5.56 Å². The maximum Gasteiger partial charge on any atom is 0.203 e. The van der Waals surface area contributed by atoms with Gasteiger partial charge >= 0.3 is 0 Å². The van der Waals surface area contributed by atoms with Crippen LogP contribution in [0.3, 0.4) is 0 Å². The van der Waals surface area contributed by atoms with Crippen molar-refractivity contribution in [2.24, 2.45) is 0 Å². The Morgan fingerprint density at radius 1 is 1.07 bits per heavy atom. The first-order valence-electron chi connectivity index (χ1n) is 9.98. The van der Waals surface area contributed by atoms with Gasteiger partial charge in [-0.15, -0.1) is 0 Å². The Kier molecular flexibility index (Phi) is 5.87. The van der Waals surface area contributed by atoms with Crippen LogP contribution in [0.1, 0.15) is 29.9 Å². The summed E-state index contributed by atoms with van der Waals surface area (Å²) in [4.78, 5) is 5.31. The second kappa shape index (κ2) is 8.73. The molecule has 4 rings (SSSR count). The van der Waals surface area contributed by atoms with E-state index in [4.69, 9.17) is 17.3 Å². The van der Waals surface area contributed by atoms with Crippen LogP contribution in [0.15, 0.2) is 67.3 Å². The summed E-state index contributed by atoms with van der Waals surface area (Å²) in [5.41, 5.74) is 3.47. The van der Waals surface area contributed by atoms with Crippen molar-refractivity contribution in [2.45, 2.75) is 33.1 Å². The summed E-state index contributed by atoms with van der Waals surface area (Å²) in [6, 6.07) is 19.1. The minimum atomic E-state index is 0.288. The lowest BCUT2D eigenvalue weighted by molar-refractivity contribution is -0.933. The molecule has 0 aliphatic carbocycles. The van der Waals surface area contributed by atoms with E-state index in [1.807, 2.05) is 29.8 Å². The first-order valence-corrected chi connectivity index (χ1v) is 10.4. The molecule has 0 fully saturated rings. The van der Waals surface area contributed by atoms with Gasteiger partial charge in [-0.05, 0) is 43.8 Å². The Morgan fingerprint density at radius 3 is 2.47 bits per heavy atom. The fourth-order valence-electron chi connectivity index (χ4n) is 3.52. The number of nitrogens with one attached hydrogen (secondary N) is 1. The second-order valence-electron chi connectivity index (χ2n) is 7.56. The van der Waals surface area contributed by atoms with E-state index in [1.165, 1.54) is 22.4 Å². The van der Waals surface area contributed by atoms with Crippen molar-refractivity contribution in [1.29, 1.82) is 0 Å². The van der Waals surface area contributed by atoms with Crippen molar-refractivity contribution in [3.63, 3.8) is 0 Å². The average molecular weight is 421 g/mol. The molecule has 0 saturated carbocycles. The van der Waals surface area contributed by atoms with Gasteiger partial charge in [0.15, 0.2) is 6.67 Å². The number of hydrogen-bond acceptors (Lipinski definition) is 4. The Bertz CT molecular complexity index is 1140. The van der Waals surface area contributed by atoms with Gasteiger partial charge in [-0.3, -0.25) is 4.57 Å². The van der Waals surface area contributed by atoms with Crippen molar-refractivity contribution < 1.29 is 4.90 Å². The molecule has 0 amide bonds. The van der Waals surface area contributed by atoms with Crippen LogP contribution in [0.5, 0.6) is 0 Å². The number of aryl methyl sites for hydroxylation is 1. The molecule has 0 spiro atoms. The topological polar surface area (TPSA) is 57.9 Å².